The Balaban J connectivity index is 1.31. The molecule has 0 radical (unpaired) electrons. The van der Waals surface area contributed by atoms with Gasteiger partial charge >= 0.3 is 0 Å². The number of likely N-dealkylation sites (tertiary alicyclic amines) is 1. The monoisotopic (exact) mass is 425 g/mol. The summed E-state index contributed by atoms with van der Waals surface area (Å²) in [6, 6.07) is 0.955. The highest BCUT2D eigenvalue weighted by Gasteiger charge is 2.38. The van der Waals surface area contributed by atoms with Crippen LogP contribution >= 0.6 is 0 Å². The van der Waals surface area contributed by atoms with Crippen molar-refractivity contribution in [1.82, 2.24) is 19.6 Å². The van der Waals surface area contributed by atoms with Crippen molar-refractivity contribution in [3.63, 3.8) is 0 Å². The predicted octanol–water partition coefficient (Wildman–Crippen LogP) is 2.39. The lowest BCUT2D eigenvalue weighted by Gasteiger charge is -2.41. The van der Waals surface area contributed by atoms with Crippen LogP contribution in [0, 0.1) is 18.8 Å². The molecule has 4 heterocycles. The average molecular weight is 426 g/mol. The first-order chi connectivity index (χ1) is 14.4. The summed E-state index contributed by atoms with van der Waals surface area (Å²) in [4.78, 5) is 17.2. The Labute approximate surface area is 176 Å². The van der Waals surface area contributed by atoms with E-state index >= 15 is 0 Å². The van der Waals surface area contributed by atoms with Crippen LogP contribution in [0.15, 0.2) is 6.07 Å². The molecular weight excluding hydrogens is 392 g/mol. The van der Waals surface area contributed by atoms with E-state index in [0.717, 1.165) is 51.4 Å². The van der Waals surface area contributed by atoms with E-state index in [0.29, 0.717) is 25.3 Å². The molecule has 9 heteroatoms. The first-order valence-corrected chi connectivity index (χ1v) is 11.1. The van der Waals surface area contributed by atoms with Crippen LogP contribution in [0.3, 0.4) is 0 Å². The standard InChI is InChI=1S/C21H33F2N5O2/c1-14(13-26-7-9-30-10-8-26)21(29)27-5-3-16(4-6-27)17-12-18(20(22)23)28-19(24-17)11-15(2)25-28/h11,14,16-18,20,24H,3-10,12-13H2,1-2H3/t14?,17-,18+/m0/s1. The fourth-order valence-electron chi connectivity index (χ4n) is 5.09. The summed E-state index contributed by atoms with van der Waals surface area (Å²) in [5, 5.41) is 7.68. The van der Waals surface area contributed by atoms with E-state index in [-0.39, 0.29) is 23.8 Å². The van der Waals surface area contributed by atoms with Crippen molar-refractivity contribution in [1.29, 1.82) is 0 Å². The minimum Gasteiger partial charge on any atom is -0.379 e. The van der Waals surface area contributed by atoms with Gasteiger partial charge in [0.05, 0.1) is 18.9 Å². The highest BCUT2D eigenvalue weighted by atomic mass is 19.3. The van der Waals surface area contributed by atoms with Gasteiger partial charge in [-0.3, -0.25) is 9.69 Å². The molecule has 3 atom stereocenters. The molecule has 1 amide bonds. The van der Waals surface area contributed by atoms with Crippen molar-refractivity contribution in [3.8, 4) is 0 Å². The van der Waals surface area contributed by atoms with Gasteiger partial charge in [-0.1, -0.05) is 6.92 Å². The first kappa shape index (κ1) is 21.5. The molecule has 0 bridgehead atoms. The molecule has 3 aliphatic rings. The molecule has 1 aromatic heterocycles. The van der Waals surface area contributed by atoms with Crippen molar-refractivity contribution in [2.45, 2.75) is 51.6 Å². The number of hydrogen-bond donors (Lipinski definition) is 1. The number of morpholine rings is 1. The second-order valence-electron chi connectivity index (χ2n) is 8.98. The summed E-state index contributed by atoms with van der Waals surface area (Å²) < 4.78 is 34.1. The van der Waals surface area contributed by atoms with Crippen LogP contribution in [0.2, 0.25) is 0 Å². The molecule has 4 rings (SSSR count). The Bertz CT molecular complexity index is 729. The van der Waals surface area contributed by atoms with Crippen molar-refractivity contribution < 1.29 is 18.3 Å². The third-order valence-electron chi connectivity index (χ3n) is 6.77. The number of rotatable bonds is 5. The second-order valence-corrected chi connectivity index (χ2v) is 8.98. The zero-order valence-corrected chi connectivity index (χ0v) is 17.9. The maximum atomic E-state index is 13.6. The number of piperidine rings is 1. The molecule has 0 spiro atoms. The van der Waals surface area contributed by atoms with Crippen LogP contribution in [0.5, 0.6) is 0 Å². The van der Waals surface area contributed by atoms with Gasteiger partial charge in [0.15, 0.2) is 0 Å². The molecule has 0 aliphatic carbocycles. The second kappa shape index (κ2) is 9.18. The number of nitrogens with one attached hydrogen (secondary N) is 1. The van der Waals surface area contributed by atoms with Gasteiger partial charge in [-0.15, -0.1) is 0 Å². The Morgan fingerprint density at radius 1 is 1.27 bits per heavy atom. The molecule has 0 aromatic carbocycles. The van der Waals surface area contributed by atoms with Gasteiger partial charge < -0.3 is 15.0 Å². The number of ether oxygens (including phenoxy) is 1. The summed E-state index contributed by atoms with van der Waals surface area (Å²) in [6.45, 7) is 9.24. The number of aryl methyl sites for hydroxylation is 1. The summed E-state index contributed by atoms with van der Waals surface area (Å²) in [7, 11) is 0. The van der Waals surface area contributed by atoms with E-state index in [9.17, 15) is 13.6 Å². The fourth-order valence-corrected chi connectivity index (χ4v) is 5.09. The maximum absolute atomic E-state index is 13.6. The normalized spacial score (nSPS) is 27.0. The van der Waals surface area contributed by atoms with E-state index in [2.05, 4.69) is 15.3 Å². The molecule has 168 valence electrons. The number of fused-ring (bicyclic) bond motifs is 1. The largest absolute Gasteiger partial charge is 0.379 e. The summed E-state index contributed by atoms with van der Waals surface area (Å²) in [6.07, 6.45) is -0.374. The van der Waals surface area contributed by atoms with Gasteiger partial charge in [0.1, 0.15) is 11.9 Å². The van der Waals surface area contributed by atoms with Gasteiger partial charge in [-0.25, -0.2) is 13.5 Å². The number of halogens is 2. The van der Waals surface area contributed by atoms with Crippen molar-refractivity contribution >= 4 is 11.7 Å². The highest BCUT2D eigenvalue weighted by molar-refractivity contribution is 5.78. The Morgan fingerprint density at radius 3 is 2.63 bits per heavy atom. The number of anilines is 1. The van der Waals surface area contributed by atoms with Crippen molar-refractivity contribution in [2.75, 3.05) is 51.3 Å². The average Bonchev–Trinajstić information content (AvgIpc) is 3.13. The topological polar surface area (TPSA) is 62.6 Å². The molecule has 3 aliphatic heterocycles. The summed E-state index contributed by atoms with van der Waals surface area (Å²) in [5.74, 6) is 1.14. The van der Waals surface area contributed by atoms with Crippen molar-refractivity contribution in [3.05, 3.63) is 11.8 Å². The summed E-state index contributed by atoms with van der Waals surface area (Å²) in [5.41, 5.74) is 0.749. The zero-order chi connectivity index (χ0) is 21.3. The van der Waals surface area contributed by atoms with E-state index in [4.69, 9.17) is 4.74 Å². The van der Waals surface area contributed by atoms with Gasteiger partial charge in [0.25, 0.3) is 6.43 Å². The molecular formula is C21H33F2N5O2. The number of carbonyl (C=O) groups excluding carboxylic acids is 1. The maximum Gasteiger partial charge on any atom is 0.260 e. The van der Waals surface area contributed by atoms with Gasteiger partial charge in [-0.05, 0) is 32.1 Å². The quantitative estimate of drug-likeness (QED) is 0.785. The molecule has 1 unspecified atom stereocenters. The van der Waals surface area contributed by atoms with Crippen LogP contribution in [0.25, 0.3) is 0 Å². The lowest BCUT2D eigenvalue weighted by atomic mass is 9.84. The smallest absolute Gasteiger partial charge is 0.260 e. The number of carbonyl (C=O) groups is 1. The van der Waals surface area contributed by atoms with Crippen LogP contribution in [-0.4, -0.2) is 83.9 Å². The van der Waals surface area contributed by atoms with Crippen LogP contribution in [0.1, 0.15) is 37.9 Å². The Morgan fingerprint density at radius 2 is 1.97 bits per heavy atom. The first-order valence-electron chi connectivity index (χ1n) is 11.1. The molecule has 0 saturated carbocycles. The van der Waals surface area contributed by atoms with Crippen LogP contribution in [0.4, 0.5) is 14.6 Å². The van der Waals surface area contributed by atoms with Crippen LogP contribution in [-0.2, 0) is 9.53 Å². The number of nitrogens with zero attached hydrogens (tertiary/aromatic N) is 4. The van der Waals surface area contributed by atoms with Crippen LogP contribution < -0.4 is 5.32 Å². The minimum absolute atomic E-state index is 0.00405. The number of aromatic nitrogens is 2. The third kappa shape index (κ3) is 4.61. The molecule has 2 saturated heterocycles. The highest BCUT2D eigenvalue weighted by Crippen LogP contribution is 2.37. The van der Waals surface area contributed by atoms with Gasteiger partial charge in [0.2, 0.25) is 5.91 Å². The predicted molar refractivity (Wildman–Crippen MR) is 110 cm³/mol. The Kier molecular flexibility index (Phi) is 6.57. The molecule has 30 heavy (non-hydrogen) atoms. The van der Waals surface area contributed by atoms with E-state index in [1.54, 1.807) is 0 Å². The van der Waals surface area contributed by atoms with Gasteiger partial charge in [-0.2, -0.15) is 5.10 Å². The lowest BCUT2D eigenvalue weighted by Crippen LogP contribution is -2.48. The molecule has 1 aromatic rings. The number of hydrogen-bond acceptors (Lipinski definition) is 5. The minimum atomic E-state index is -2.43. The zero-order valence-electron chi connectivity index (χ0n) is 17.9. The number of amides is 1. The van der Waals surface area contributed by atoms with E-state index < -0.39 is 12.5 Å². The molecule has 2 fully saturated rings. The number of alkyl halides is 2. The summed E-state index contributed by atoms with van der Waals surface area (Å²) >= 11 is 0. The van der Waals surface area contributed by atoms with Crippen molar-refractivity contribution in [2.24, 2.45) is 11.8 Å². The van der Waals surface area contributed by atoms with Gasteiger partial charge in [0, 0.05) is 50.7 Å². The fraction of sp³-hybridized carbons (Fsp3) is 0.810. The SMILES string of the molecule is Cc1cc2n(n1)[C@@H](C(F)F)C[C@@H](C1CCN(C(=O)C(C)CN3CCOCC3)CC1)N2. The molecule has 7 nitrogen and oxygen atoms in total. The lowest BCUT2D eigenvalue weighted by molar-refractivity contribution is -0.137. The molecule has 1 N–H and O–H groups in total. The third-order valence-corrected chi connectivity index (χ3v) is 6.77. The van der Waals surface area contributed by atoms with E-state index in [1.807, 2.05) is 24.8 Å². The van der Waals surface area contributed by atoms with E-state index in [1.165, 1.54) is 4.68 Å². The Hall–Kier alpha value is -1.74.